The third kappa shape index (κ3) is 4.66. The second kappa shape index (κ2) is 8.85. The summed E-state index contributed by atoms with van der Waals surface area (Å²) >= 11 is 1.79. The molecule has 1 amide bonds. The molecular weight excluding hydrogens is 304 g/mol. The fourth-order valence-electron chi connectivity index (χ4n) is 2.71. The van der Waals surface area contributed by atoms with E-state index in [-0.39, 0.29) is 11.9 Å². The van der Waals surface area contributed by atoms with E-state index in [1.54, 1.807) is 11.3 Å². The molecule has 1 atom stereocenters. The van der Waals surface area contributed by atoms with E-state index in [1.165, 1.54) is 20.9 Å². The number of rotatable bonds is 4. The predicted molar refractivity (Wildman–Crippen MR) is 98.7 cm³/mol. The van der Waals surface area contributed by atoms with E-state index < -0.39 is 0 Å². The van der Waals surface area contributed by atoms with Crippen LogP contribution < -0.4 is 10.6 Å². The van der Waals surface area contributed by atoms with Crippen LogP contribution in [0.2, 0.25) is 0 Å². The highest BCUT2D eigenvalue weighted by atomic mass is 32.1. The molecule has 1 aromatic carbocycles. The fraction of sp³-hybridized carbons (Fsp3) is 0.421. The van der Waals surface area contributed by atoms with Crippen LogP contribution in [0.4, 0.5) is 0 Å². The number of nitrogens with one attached hydrogen (secondary N) is 2. The number of carbonyl (C=O) groups is 1. The van der Waals surface area contributed by atoms with Crippen molar-refractivity contribution in [2.45, 2.75) is 46.2 Å². The minimum absolute atomic E-state index is 0.0128. The molecule has 3 rings (SSSR count). The van der Waals surface area contributed by atoms with Gasteiger partial charge < -0.3 is 10.6 Å². The Morgan fingerprint density at radius 3 is 2.70 bits per heavy atom. The molecule has 0 bridgehead atoms. The van der Waals surface area contributed by atoms with Gasteiger partial charge in [0.1, 0.15) is 0 Å². The number of benzene rings is 1. The van der Waals surface area contributed by atoms with Crippen molar-refractivity contribution in [1.82, 2.24) is 10.6 Å². The summed E-state index contributed by atoms with van der Waals surface area (Å²) < 4.78 is 0. The Morgan fingerprint density at radius 1 is 1.26 bits per heavy atom. The predicted octanol–water partition coefficient (Wildman–Crippen LogP) is 4.12. The first-order chi connectivity index (χ1) is 11.2. The first-order valence-electron chi connectivity index (χ1n) is 8.40. The summed E-state index contributed by atoms with van der Waals surface area (Å²) in [6, 6.07) is 12.6. The van der Waals surface area contributed by atoms with Crippen LogP contribution in [0, 0.1) is 6.92 Å². The van der Waals surface area contributed by atoms with Crippen molar-refractivity contribution in [3.05, 3.63) is 46.8 Å². The molecule has 0 radical (unpaired) electrons. The monoisotopic (exact) mass is 330 g/mol. The summed E-state index contributed by atoms with van der Waals surface area (Å²) in [6.07, 6.45) is 2.03. The number of thiophene rings is 1. The Morgan fingerprint density at radius 2 is 2.04 bits per heavy atom. The molecule has 0 spiro atoms. The molecule has 1 aromatic heterocycles. The second-order valence-electron chi connectivity index (χ2n) is 5.43. The van der Waals surface area contributed by atoms with Crippen molar-refractivity contribution in [2.24, 2.45) is 0 Å². The van der Waals surface area contributed by atoms with Crippen LogP contribution in [0.15, 0.2) is 36.4 Å². The lowest BCUT2D eigenvalue weighted by molar-refractivity contribution is -0.122. The molecule has 124 valence electrons. The van der Waals surface area contributed by atoms with Crippen LogP contribution in [0.3, 0.4) is 0 Å². The van der Waals surface area contributed by atoms with Crippen molar-refractivity contribution in [3.63, 3.8) is 0 Å². The van der Waals surface area contributed by atoms with Crippen molar-refractivity contribution in [3.8, 4) is 10.4 Å². The van der Waals surface area contributed by atoms with Gasteiger partial charge in [0.2, 0.25) is 5.91 Å². The Hall–Kier alpha value is -1.65. The zero-order chi connectivity index (χ0) is 16.7. The first-order valence-corrected chi connectivity index (χ1v) is 9.21. The smallest absolute Gasteiger partial charge is 0.237 e. The van der Waals surface area contributed by atoms with Gasteiger partial charge >= 0.3 is 0 Å². The highest BCUT2D eigenvalue weighted by Gasteiger charge is 2.21. The van der Waals surface area contributed by atoms with Gasteiger partial charge in [0.25, 0.3) is 0 Å². The molecule has 0 saturated carbocycles. The molecule has 1 aliphatic heterocycles. The number of carbonyl (C=O) groups excluding carboxylic acids is 1. The summed E-state index contributed by atoms with van der Waals surface area (Å²) in [5.41, 5.74) is 2.39. The van der Waals surface area contributed by atoms with E-state index in [9.17, 15) is 4.79 Å². The van der Waals surface area contributed by atoms with Crippen LogP contribution in [-0.4, -0.2) is 18.5 Å². The summed E-state index contributed by atoms with van der Waals surface area (Å²) in [6.45, 7) is 7.65. The minimum atomic E-state index is -0.0128. The number of aryl methyl sites for hydroxylation is 1. The third-order valence-corrected chi connectivity index (χ3v) is 4.89. The van der Waals surface area contributed by atoms with Gasteiger partial charge in [0, 0.05) is 16.3 Å². The maximum absolute atomic E-state index is 12.1. The largest absolute Gasteiger partial charge is 0.351 e. The lowest BCUT2D eigenvalue weighted by atomic mass is 10.1. The van der Waals surface area contributed by atoms with Crippen molar-refractivity contribution in [2.75, 3.05) is 6.54 Å². The van der Waals surface area contributed by atoms with E-state index in [1.807, 2.05) is 26.0 Å². The third-order valence-electron chi connectivity index (χ3n) is 3.85. The maximum atomic E-state index is 12.1. The van der Waals surface area contributed by atoms with E-state index >= 15 is 0 Å². The van der Waals surface area contributed by atoms with Crippen molar-refractivity contribution in [1.29, 1.82) is 0 Å². The first kappa shape index (κ1) is 17.7. The van der Waals surface area contributed by atoms with Gasteiger partial charge in [-0.1, -0.05) is 38.1 Å². The molecule has 2 N–H and O–H groups in total. The van der Waals surface area contributed by atoms with Gasteiger partial charge in [-0.3, -0.25) is 4.79 Å². The molecule has 23 heavy (non-hydrogen) atoms. The normalized spacial score (nSPS) is 16.6. The summed E-state index contributed by atoms with van der Waals surface area (Å²) in [5.74, 6) is 0.115. The Labute approximate surface area is 143 Å². The van der Waals surface area contributed by atoms with Gasteiger partial charge in [0.15, 0.2) is 0 Å². The molecule has 1 aliphatic rings. The Kier molecular flexibility index (Phi) is 6.81. The van der Waals surface area contributed by atoms with Crippen LogP contribution in [0.25, 0.3) is 10.4 Å². The van der Waals surface area contributed by atoms with Crippen molar-refractivity contribution >= 4 is 17.2 Å². The molecule has 0 aliphatic carbocycles. The van der Waals surface area contributed by atoms with E-state index in [2.05, 4.69) is 41.8 Å². The van der Waals surface area contributed by atoms with Crippen LogP contribution in [0.5, 0.6) is 0 Å². The SMILES string of the molecule is CC.Cc1ccc(-c2ccccc2CNC(=O)C2CCCN2)s1. The average Bonchev–Trinajstić information content (AvgIpc) is 3.26. The van der Waals surface area contributed by atoms with Gasteiger partial charge in [-0.05, 0) is 49.6 Å². The van der Waals surface area contributed by atoms with Crippen LogP contribution in [-0.2, 0) is 11.3 Å². The summed E-state index contributed by atoms with van der Waals surface area (Å²) in [4.78, 5) is 14.7. The van der Waals surface area contributed by atoms with E-state index in [0.717, 1.165) is 19.4 Å². The number of amides is 1. The molecule has 2 heterocycles. The van der Waals surface area contributed by atoms with E-state index in [0.29, 0.717) is 6.54 Å². The Bertz CT molecular complexity index is 630. The number of hydrogen-bond acceptors (Lipinski definition) is 3. The molecule has 1 fully saturated rings. The quantitative estimate of drug-likeness (QED) is 0.885. The van der Waals surface area contributed by atoms with Crippen molar-refractivity contribution < 1.29 is 4.79 Å². The second-order valence-corrected chi connectivity index (χ2v) is 6.72. The summed E-state index contributed by atoms with van der Waals surface area (Å²) in [5, 5.41) is 6.29. The average molecular weight is 330 g/mol. The zero-order valence-electron chi connectivity index (χ0n) is 14.2. The minimum Gasteiger partial charge on any atom is -0.351 e. The van der Waals surface area contributed by atoms with Crippen LogP contribution in [0.1, 0.15) is 37.1 Å². The molecule has 1 unspecified atom stereocenters. The molecule has 4 heteroatoms. The molecular formula is C19H26N2OS. The molecule has 2 aromatic rings. The number of hydrogen-bond donors (Lipinski definition) is 2. The van der Waals surface area contributed by atoms with Gasteiger partial charge in [0.05, 0.1) is 6.04 Å². The lowest BCUT2D eigenvalue weighted by Crippen LogP contribution is -2.40. The van der Waals surface area contributed by atoms with Crippen LogP contribution >= 0.6 is 11.3 Å². The van der Waals surface area contributed by atoms with Gasteiger partial charge in [-0.15, -0.1) is 11.3 Å². The fourth-order valence-corrected chi connectivity index (χ4v) is 3.64. The highest BCUT2D eigenvalue weighted by molar-refractivity contribution is 7.15. The zero-order valence-corrected chi connectivity index (χ0v) is 15.0. The molecule has 1 saturated heterocycles. The van der Waals surface area contributed by atoms with Gasteiger partial charge in [-0.25, -0.2) is 0 Å². The highest BCUT2D eigenvalue weighted by Crippen LogP contribution is 2.30. The lowest BCUT2D eigenvalue weighted by Gasteiger charge is -2.13. The molecule has 3 nitrogen and oxygen atoms in total. The standard InChI is InChI=1S/C17H20N2OS.C2H6/c1-12-8-9-16(21-12)14-6-3-2-5-13(14)11-19-17(20)15-7-4-10-18-15;1-2/h2-3,5-6,8-9,15,18H,4,7,10-11H2,1H3,(H,19,20);1-2H3. The maximum Gasteiger partial charge on any atom is 0.237 e. The Balaban J connectivity index is 0.000000924. The van der Waals surface area contributed by atoms with E-state index in [4.69, 9.17) is 0 Å². The topological polar surface area (TPSA) is 41.1 Å². The summed E-state index contributed by atoms with van der Waals surface area (Å²) in [7, 11) is 0. The van der Waals surface area contributed by atoms with Gasteiger partial charge in [-0.2, -0.15) is 0 Å².